The van der Waals surface area contributed by atoms with Crippen LogP contribution in [-0.4, -0.2) is 39.5 Å². The van der Waals surface area contributed by atoms with Crippen molar-refractivity contribution >= 4 is 11.9 Å². The van der Waals surface area contributed by atoms with Gasteiger partial charge in [0.15, 0.2) is 5.76 Å². The van der Waals surface area contributed by atoms with Gasteiger partial charge in [-0.1, -0.05) is 0 Å². The molecule has 0 spiro atoms. The van der Waals surface area contributed by atoms with E-state index in [-0.39, 0.29) is 5.91 Å². The lowest BCUT2D eigenvalue weighted by atomic mass is 10.0. The highest BCUT2D eigenvalue weighted by molar-refractivity contribution is 5.97. The van der Waals surface area contributed by atoms with E-state index in [1.165, 1.54) is 4.90 Å². The van der Waals surface area contributed by atoms with Crippen LogP contribution >= 0.6 is 0 Å². The molecule has 0 aromatic carbocycles. The topological polar surface area (TPSA) is 83.6 Å². The molecule has 3 heterocycles. The molecule has 120 valence electrons. The van der Waals surface area contributed by atoms with Crippen LogP contribution in [0.5, 0.6) is 0 Å². The average molecular weight is 314 g/mol. The lowest BCUT2D eigenvalue weighted by Crippen LogP contribution is -2.48. The third-order valence-corrected chi connectivity index (χ3v) is 4.14. The summed E-state index contributed by atoms with van der Waals surface area (Å²) in [5.41, 5.74) is 1.66. The SMILES string of the molecule is Cc1nc(-c2ccco2)ccc1C(=O)N1CCCC[C@H]1C(=O)O. The minimum Gasteiger partial charge on any atom is -0.480 e. The molecule has 1 saturated heterocycles. The summed E-state index contributed by atoms with van der Waals surface area (Å²) in [5, 5.41) is 9.32. The maximum Gasteiger partial charge on any atom is 0.326 e. The van der Waals surface area contributed by atoms with E-state index in [1.807, 2.05) is 0 Å². The molecular formula is C17H18N2O4. The molecule has 0 saturated carbocycles. The molecule has 6 nitrogen and oxygen atoms in total. The number of carbonyl (C=O) groups excluding carboxylic acids is 1. The minimum atomic E-state index is -0.948. The summed E-state index contributed by atoms with van der Waals surface area (Å²) < 4.78 is 5.30. The predicted molar refractivity (Wildman–Crippen MR) is 83.0 cm³/mol. The first-order valence-corrected chi connectivity index (χ1v) is 7.63. The van der Waals surface area contributed by atoms with Crippen molar-refractivity contribution in [3.63, 3.8) is 0 Å². The third kappa shape index (κ3) is 2.97. The van der Waals surface area contributed by atoms with Crippen LogP contribution in [0, 0.1) is 6.92 Å². The van der Waals surface area contributed by atoms with Gasteiger partial charge in [-0.3, -0.25) is 4.79 Å². The standard InChI is InChI=1S/C17H18N2O4/c1-11-12(7-8-13(18-11)15-6-4-10-23-15)16(20)19-9-3-2-5-14(19)17(21)22/h4,6-8,10,14H,2-3,5,9H2,1H3,(H,21,22)/t14-/m0/s1. The minimum absolute atomic E-state index is 0.270. The van der Waals surface area contributed by atoms with Gasteiger partial charge in [0.1, 0.15) is 11.7 Å². The van der Waals surface area contributed by atoms with Crippen molar-refractivity contribution in [3.05, 3.63) is 41.8 Å². The Hall–Kier alpha value is -2.63. The van der Waals surface area contributed by atoms with E-state index in [1.54, 1.807) is 37.5 Å². The highest BCUT2D eigenvalue weighted by atomic mass is 16.4. The number of piperidine rings is 1. The predicted octanol–water partition coefficient (Wildman–Crippen LogP) is 2.73. The van der Waals surface area contributed by atoms with Crippen molar-refractivity contribution in [2.45, 2.75) is 32.2 Å². The average Bonchev–Trinajstić information content (AvgIpc) is 3.08. The Morgan fingerprint density at radius 2 is 2.13 bits per heavy atom. The number of carbonyl (C=O) groups is 2. The van der Waals surface area contributed by atoms with Crippen molar-refractivity contribution in [2.75, 3.05) is 6.54 Å². The number of aromatic nitrogens is 1. The Bertz CT molecular complexity index is 724. The van der Waals surface area contributed by atoms with E-state index in [2.05, 4.69) is 4.98 Å². The number of amides is 1. The number of carboxylic acid groups (broad SMARTS) is 1. The Morgan fingerprint density at radius 1 is 1.30 bits per heavy atom. The number of aliphatic carboxylic acids is 1. The van der Waals surface area contributed by atoms with Gasteiger partial charge in [-0.25, -0.2) is 9.78 Å². The van der Waals surface area contributed by atoms with E-state index < -0.39 is 12.0 Å². The van der Waals surface area contributed by atoms with E-state index in [9.17, 15) is 14.7 Å². The van der Waals surface area contributed by atoms with Crippen molar-refractivity contribution in [2.24, 2.45) is 0 Å². The summed E-state index contributed by atoms with van der Waals surface area (Å²) in [4.78, 5) is 30.0. The van der Waals surface area contributed by atoms with Crippen LogP contribution in [0.3, 0.4) is 0 Å². The summed E-state index contributed by atoms with van der Waals surface area (Å²) in [6.07, 6.45) is 3.72. The Balaban J connectivity index is 1.88. The second-order valence-electron chi connectivity index (χ2n) is 5.66. The Kier molecular flexibility index (Phi) is 4.14. The number of nitrogens with zero attached hydrogens (tertiary/aromatic N) is 2. The van der Waals surface area contributed by atoms with Gasteiger partial charge in [0.2, 0.25) is 0 Å². The third-order valence-electron chi connectivity index (χ3n) is 4.14. The van der Waals surface area contributed by atoms with Gasteiger partial charge in [0.25, 0.3) is 5.91 Å². The van der Waals surface area contributed by atoms with Crippen LogP contribution in [0.4, 0.5) is 0 Å². The number of carboxylic acids is 1. The molecule has 6 heteroatoms. The first kappa shape index (κ1) is 15.3. The van der Waals surface area contributed by atoms with Crippen LogP contribution in [0.2, 0.25) is 0 Å². The molecule has 2 aromatic rings. The van der Waals surface area contributed by atoms with Crippen LogP contribution in [-0.2, 0) is 4.79 Å². The van der Waals surface area contributed by atoms with Gasteiger partial charge in [0, 0.05) is 6.54 Å². The first-order valence-electron chi connectivity index (χ1n) is 7.63. The Morgan fingerprint density at radius 3 is 2.78 bits per heavy atom. The summed E-state index contributed by atoms with van der Waals surface area (Å²) in [6.45, 7) is 2.22. The van der Waals surface area contributed by atoms with Crippen LogP contribution < -0.4 is 0 Å². The zero-order chi connectivity index (χ0) is 16.4. The van der Waals surface area contributed by atoms with E-state index in [0.29, 0.717) is 35.7 Å². The quantitative estimate of drug-likeness (QED) is 0.941. The monoisotopic (exact) mass is 314 g/mol. The molecule has 1 atom stereocenters. The summed E-state index contributed by atoms with van der Waals surface area (Å²) in [5.74, 6) is -0.586. The molecule has 1 amide bonds. The fourth-order valence-electron chi connectivity index (χ4n) is 2.93. The second kappa shape index (κ2) is 6.24. The second-order valence-corrected chi connectivity index (χ2v) is 5.66. The summed E-state index contributed by atoms with van der Waals surface area (Å²) in [6, 6.07) is 6.24. The molecule has 0 aliphatic carbocycles. The lowest BCUT2D eigenvalue weighted by Gasteiger charge is -2.33. The van der Waals surface area contributed by atoms with Crippen molar-refractivity contribution < 1.29 is 19.1 Å². The number of aryl methyl sites for hydroxylation is 1. The molecule has 1 N–H and O–H groups in total. The number of furan rings is 1. The number of hydrogen-bond acceptors (Lipinski definition) is 4. The molecule has 0 unspecified atom stereocenters. The normalized spacial score (nSPS) is 18.0. The van der Waals surface area contributed by atoms with E-state index >= 15 is 0 Å². The number of likely N-dealkylation sites (tertiary alicyclic amines) is 1. The molecule has 1 fully saturated rings. The summed E-state index contributed by atoms with van der Waals surface area (Å²) in [7, 11) is 0. The number of hydrogen-bond donors (Lipinski definition) is 1. The smallest absolute Gasteiger partial charge is 0.326 e. The van der Waals surface area contributed by atoms with Gasteiger partial charge < -0.3 is 14.4 Å². The van der Waals surface area contributed by atoms with Crippen molar-refractivity contribution in [3.8, 4) is 11.5 Å². The van der Waals surface area contributed by atoms with Crippen molar-refractivity contribution in [1.82, 2.24) is 9.88 Å². The fraction of sp³-hybridized carbons (Fsp3) is 0.353. The zero-order valence-electron chi connectivity index (χ0n) is 12.9. The van der Waals surface area contributed by atoms with Gasteiger partial charge in [-0.15, -0.1) is 0 Å². The Labute approximate surface area is 133 Å². The molecule has 2 aromatic heterocycles. The molecule has 1 aliphatic heterocycles. The molecular weight excluding hydrogens is 296 g/mol. The van der Waals surface area contributed by atoms with E-state index in [4.69, 9.17) is 4.42 Å². The molecule has 23 heavy (non-hydrogen) atoms. The highest BCUT2D eigenvalue weighted by Crippen LogP contribution is 2.23. The van der Waals surface area contributed by atoms with Crippen LogP contribution in [0.1, 0.15) is 35.3 Å². The molecule has 0 bridgehead atoms. The summed E-state index contributed by atoms with van der Waals surface area (Å²) >= 11 is 0. The van der Waals surface area contributed by atoms with Gasteiger partial charge in [0.05, 0.1) is 17.5 Å². The molecule has 0 radical (unpaired) electrons. The van der Waals surface area contributed by atoms with Crippen molar-refractivity contribution in [1.29, 1.82) is 0 Å². The maximum absolute atomic E-state index is 12.7. The van der Waals surface area contributed by atoms with E-state index in [0.717, 1.165) is 12.8 Å². The maximum atomic E-state index is 12.7. The molecule has 1 aliphatic rings. The number of pyridine rings is 1. The van der Waals surface area contributed by atoms with Crippen LogP contribution in [0.25, 0.3) is 11.5 Å². The first-order chi connectivity index (χ1) is 11.1. The number of rotatable bonds is 3. The zero-order valence-corrected chi connectivity index (χ0v) is 12.9. The fourth-order valence-corrected chi connectivity index (χ4v) is 2.93. The lowest BCUT2D eigenvalue weighted by molar-refractivity contribution is -0.143. The van der Waals surface area contributed by atoms with Gasteiger partial charge in [-0.05, 0) is 50.5 Å². The molecule has 3 rings (SSSR count). The van der Waals surface area contributed by atoms with Gasteiger partial charge in [-0.2, -0.15) is 0 Å². The van der Waals surface area contributed by atoms with Crippen LogP contribution in [0.15, 0.2) is 34.9 Å². The highest BCUT2D eigenvalue weighted by Gasteiger charge is 2.33. The largest absolute Gasteiger partial charge is 0.480 e. The van der Waals surface area contributed by atoms with Gasteiger partial charge >= 0.3 is 5.97 Å².